The highest BCUT2D eigenvalue weighted by Gasteiger charge is 2.15. The summed E-state index contributed by atoms with van der Waals surface area (Å²) >= 11 is 0. The van der Waals surface area contributed by atoms with Gasteiger partial charge in [0.2, 0.25) is 0 Å². The molecule has 0 nitrogen and oxygen atoms in total. The van der Waals surface area contributed by atoms with Crippen LogP contribution in [0.1, 0.15) is 40.5 Å². The van der Waals surface area contributed by atoms with Crippen molar-refractivity contribution in [2.75, 3.05) is 0 Å². The molecule has 0 saturated heterocycles. The molecule has 0 unspecified atom stereocenters. The van der Waals surface area contributed by atoms with Gasteiger partial charge in [0.25, 0.3) is 0 Å². The van der Waals surface area contributed by atoms with E-state index in [2.05, 4.69) is 46.1 Å². The molecule has 1 rings (SSSR count). The third-order valence-electron chi connectivity index (χ3n) is 3.81. The van der Waals surface area contributed by atoms with Crippen LogP contribution in [0.4, 0.5) is 4.39 Å². The molecule has 21 heavy (non-hydrogen) atoms. The Morgan fingerprint density at radius 1 is 1.29 bits per heavy atom. The predicted octanol–water partition coefficient (Wildman–Crippen LogP) is 6.53. The van der Waals surface area contributed by atoms with E-state index in [9.17, 15) is 4.39 Å². The van der Waals surface area contributed by atoms with Crippen molar-refractivity contribution in [2.24, 2.45) is 0 Å². The SMILES string of the molecule is C=C1CC(F)=CC=C1/C(CC)=C(/C)C(=C)/C=C\C(C)=C\C. The van der Waals surface area contributed by atoms with Crippen LogP contribution in [-0.2, 0) is 0 Å². The lowest BCUT2D eigenvalue weighted by Gasteiger charge is -2.19. The highest BCUT2D eigenvalue weighted by molar-refractivity contribution is 5.56. The van der Waals surface area contributed by atoms with Gasteiger partial charge in [0.05, 0.1) is 0 Å². The Morgan fingerprint density at radius 2 is 1.95 bits per heavy atom. The zero-order valence-corrected chi connectivity index (χ0v) is 13.6. The summed E-state index contributed by atoms with van der Waals surface area (Å²) in [5.41, 5.74) is 6.41. The lowest BCUT2D eigenvalue weighted by molar-refractivity contribution is 0.609. The van der Waals surface area contributed by atoms with Gasteiger partial charge in [0.1, 0.15) is 5.83 Å². The summed E-state index contributed by atoms with van der Waals surface area (Å²) in [4.78, 5) is 0. The van der Waals surface area contributed by atoms with Crippen molar-refractivity contribution < 1.29 is 4.39 Å². The molecule has 0 N–H and O–H groups in total. The molecule has 0 atom stereocenters. The summed E-state index contributed by atoms with van der Waals surface area (Å²) in [6.07, 6.45) is 10.7. The lowest BCUT2D eigenvalue weighted by Crippen LogP contribution is -2.01. The number of halogens is 1. The molecule has 0 saturated carbocycles. The minimum Gasteiger partial charge on any atom is -0.211 e. The van der Waals surface area contributed by atoms with E-state index < -0.39 is 0 Å². The molecule has 1 heteroatoms. The Bertz CT molecular complexity index is 589. The second-order valence-electron chi connectivity index (χ2n) is 5.32. The number of hydrogen-bond acceptors (Lipinski definition) is 0. The Hall–Kier alpha value is -1.89. The van der Waals surface area contributed by atoms with Crippen LogP contribution in [0.5, 0.6) is 0 Å². The maximum Gasteiger partial charge on any atom is 0.104 e. The molecule has 0 aliphatic heterocycles. The molecule has 0 heterocycles. The molecule has 0 aromatic rings. The van der Waals surface area contributed by atoms with Crippen LogP contribution in [0, 0.1) is 0 Å². The fraction of sp³-hybridized carbons (Fsp3) is 0.300. The number of rotatable bonds is 5. The molecule has 1 aliphatic rings. The molecule has 1 aliphatic carbocycles. The van der Waals surface area contributed by atoms with Gasteiger partial charge in [0.15, 0.2) is 0 Å². The molecular weight excluding hydrogens is 259 g/mol. The zero-order valence-electron chi connectivity index (χ0n) is 13.6. The molecule has 0 aromatic heterocycles. The lowest BCUT2D eigenvalue weighted by atomic mass is 9.86. The summed E-state index contributed by atoms with van der Waals surface area (Å²) in [6, 6.07) is 0. The van der Waals surface area contributed by atoms with Crippen LogP contribution < -0.4 is 0 Å². The highest BCUT2D eigenvalue weighted by Crippen LogP contribution is 2.33. The molecule has 0 amide bonds. The molecule has 112 valence electrons. The van der Waals surface area contributed by atoms with E-state index in [1.165, 1.54) is 17.2 Å². The smallest absolute Gasteiger partial charge is 0.104 e. The van der Waals surface area contributed by atoms with Gasteiger partial charge in [0, 0.05) is 6.42 Å². The van der Waals surface area contributed by atoms with Gasteiger partial charge in [-0.2, -0.15) is 0 Å². The highest BCUT2D eigenvalue weighted by atomic mass is 19.1. The summed E-state index contributed by atoms with van der Waals surface area (Å²) in [7, 11) is 0. The average molecular weight is 284 g/mol. The fourth-order valence-electron chi connectivity index (χ4n) is 2.27. The van der Waals surface area contributed by atoms with Crippen molar-refractivity contribution >= 4 is 0 Å². The summed E-state index contributed by atoms with van der Waals surface area (Å²) in [6.45, 7) is 16.4. The van der Waals surface area contributed by atoms with Gasteiger partial charge < -0.3 is 0 Å². The van der Waals surface area contributed by atoms with E-state index >= 15 is 0 Å². The molecule has 0 spiro atoms. The topological polar surface area (TPSA) is 0 Å². The Morgan fingerprint density at radius 3 is 2.48 bits per heavy atom. The Balaban J connectivity index is 3.14. The first-order valence-corrected chi connectivity index (χ1v) is 7.35. The second kappa shape index (κ2) is 7.78. The van der Waals surface area contributed by atoms with E-state index in [0.29, 0.717) is 6.42 Å². The largest absolute Gasteiger partial charge is 0.211 e. The predicted molar refractivity (Wildman–Crippen MR) is 91.7 cm³/mol. The summed E-state index contributed by atoms with van der Waals surface area (Å²) in [5.74, 6) is -0.126. The van der Waals surface area contributed by atoms with Crippen LogP contribution in [0.3, 0.4) is 0 Å². The quantitative estimate of drug-likeness (QED) is 0.503. The molecule has 0 bridgehead atoms. The normalized spacial score (nSPS) is 17.6. The van der Waals surface area contributed by atoms with Crippen molar-refractivity contribution in [3.8, 4) is 0 Å². The number of allylic oxidation sites excluding steroid dienone is 12. The van der Waals surface area contributed by atoms with Gasteiger partial charge in [-0.25, -0.2) is 4.39 Å². The minimum absolute atomic E-state index is 0.126. The molecule has 0 fully saturated rings. The van der Waals surface area contributed by atoms with Crippen molar-refractivity contribution in [3.63, 3.8) is 0 Å². The Kier molecular flexibility index (Phi) is 6.36. The number of hydrogen-bond donors (Lipinski definition) is 0. The molecular formula is C20H25F. The van der Waals surface area contributed by atoms with Crippen LogP contribution in [0.15, 0.2) is 82.8 Å². The van der Waals surface area contributed by atoms with E-state index in [4.69, 9.17) is 0 Å². The van der Waals surface area contributed by atoms with Crippen LogP contribution in [-0.4, -0.2) is 0 Å². The summed E-state index contributed by atoms with van der Waals surface area (Å²) in [5, 5.41) is 0. The maximum absolute atomic E-state index is 13.3. The van der Waals surface area contributed by atoms with Gasteiger partial charge in [-0.05, 0) is 61.1 Å². The monoisotopic (exact) mass is 284 g/mol. The minimum atomic E-state index is -0.126. The average Bonchev–Trinajstić information content (AvgIpc) is 2.46. The van der Waals surface area contributed by atoms with Crippen molar-refractivity contribution in [1.82, 2.24) is 0 Å². The van der Waals surface area contributed by atoms with Gasteiger partial charge in [-0.15, -0.1) is 0 Å². The van der Waals surface area contributed by atoms with Crippen LogP contribution in [0.25, 0.3) is 0 Å². The van der Waals surface area contributed by atoms with Crippen LogP contribution in [0.2, 0.25) is 0 Å². The first kappa shape index (κ1) is 17.2. The van der Waals surface area contributed by atoms with Gasteiger partial charge in [-0.3, -0.25) is 0 Å². The third-order valence-corrected chi connectivity index (χ3v) is 3.81. The standard InChI is InChI=1S/C20H25F/c1-7-14(3)9-10-15(4)17(6)19(8-2)20-12-11-18(21)13-16(20)5/h7,9-12H,4-5,8,13H2,1-3,6H3/b10-9-,14-7+,19-17-. The Labute approximate surface area is 128 Å². The third kappa shape index (κ3) is 4.56. The second-order valence-corrected chi connectivity index (χ2v) is 5.32. The van der Waals surface area contributed by atoms with E-state index in [0.717, 1.165) is 28.7 Å². The van der Waals surface area contributed by atoms with Crippen molar-refractivity contribution in [2.45, 2.75) is 40.5 Å². The first-order chi connectivity index (χ1) is 9.90. The van der Waals surface area contributed by atoms with E-state index in [1.54, 1.807) is 0 Å². The van der Waals surface area contributed by atoms with Gasteiger partial charge >= 0.3 is 0 Å². The van der Waals surface area contributed by atoms with Crippen molar-refractivity contribution in [3.05, 3.63) is 82.8 Å². The van der Waals surface area contributed by atoms with Gasteiger partial charge in [-0.1, -0.05) is 50.0 Å². The summed E-state index contributed by atoms with van der Waals surface area (Å²) < 4.78 is 13.3. The fourth-order valence-corrected chi connectivity index (χ4v) is 2.27. The van der Waals surface area contributed by atoms with Crippen molar-refractivity contribution in [1.29, 1.82) is 0 Å². The first-order valence-electron chi connectivity index (χ1n) is 7.35. The molecule has 0 radical (unpaired) electrons. The molecule has 0 aromatic carbocycles. The van der Waals surface area contributed by atoms with Crippen LogP contribution >= 0.6 is 0 Å². The van der Waals surface area contributed by atoms with E-state index in [-0.39, 0.29) is 5.83 Å². The van der Waals surface area contributed by atoms with E-state index in [1.807, 2.05) is 19.1 Å². The zero-order chi connectivity index (χ0) is 16.0. The maximum atomic E-state index is 13.3.